The van der Waals surface area contributed by atoms with E-state index in [1.807, 2.05) is 18.2 Å². The fourth-order valence-electron chi connectivity index (χ4n) is 2.85. The fraction of sp³-hybridized carbons (Fsp3) is 0.562. The Balaban J connectivity index is 2.25. The molecule has 18 heavy (non-hydrogen) atoms. The van der Waals surface area contributed by atoms with Crippen molar-refractivity contribution >= 4 is 5.91 Å². The highest BCUT2D eigenvalue weighted by Crippen LogP contribution is 2.41. The van der Waals surface area contributed by atoms with Crippen LogP contribution in [0.3, 0.4) is 0 Å². The monoisotopic (exact) mass is 245 g/mol. The molecule has 2 nitrogen and oxygen atoms in total. The van der Waals surface area contributed by atoms with Gasteiger partial charge in [0.15, 0.2) is 0 Å². The summed E-state index contributed by atoms with van der Waals surface area (Å²) in [7, 11) is 0. The van der Waals surface area contributed by atoms with Gasteiger partial charge in [-0.25, -0.2) is 0 Å². The minimum absolute atomic E-state index is 0.223. The highest BCUT2D eigenvalue weighted by Gasteiger charge is 2.42. The van der Waals surface area contributed by atoms with E-state index in [1.54, 1.807) is 0 Å². The molecule has 2 rings (SSSR count). The smallest absolute Gasteiger partial charge is 0.230 e. The normalized spacial score (nSPS) is 19.4. The number of hydrogen-bond acceptors (Lipinski definition) is 1. The Hall–Kier alpha value is -1.31. The molecule has 1 amide bonds. The molecule has 0 heterocycles. The standard InChI is InChI=1S/C16H23NO/c1-3-13(2)17-15(18)16(11-7-8-12-16)14-9-5-4-6-10-14/h4-6,9-10,13H,3,7-8,11-12H2,1-2H3,(H,17,18)/t13-/m0/s1. The van der Waals surface area contributed by atoms with Crippen molar-refractivity contribution in [3.05, 3.63) is 35.9 Å². The second kappa shape index (κ2) is 5.55. The van der Waals surface area contributed by atoms with Crippen LogP contribution in [0.15, 0.2) is 30.3 Å². The summed E-state index contributed by atoms with van der Waals surface area (Å²) in [6.07, 6.45) is 5.26. The summed E-state index contributed by atoms with van der Waals surface area (Å²) in [4.78, 5) is 12.6. The van der Waals surface area contributed by atoms with Crippen LogP contribution in [0.5, 0.6) is 0 Å². The highest BCUT2D eigenvalue weighted by molar-refractivity contribution is 5.88. The lowest BCUT2D eigenvalue weighted by Gasteiger charge is -2.29. The number of hydrogen-bond donors (Lipinski definition) is 1. The molecule has 0 aromatic heterocycles. The first-order valence-electron chi connectivity index (χ1n) is 7.05. The lowest BCUT2D eigenvalue weighted by molar-refractivity contribution is -0.127. The summed E-state index contributed by atoms with van der Waals surface area (Å²) in [6, 6.07) is 10.5. The van der Waals surface area contributed by atoms with E-state index in [1.165, 1.54) is 5.56 Å². The molecule has 1 atom stereocenters. The van der Waals surface area contributed by atoms with Gasteiger partial charge in [-0.1, -0.05) is 50.1 Å². The van der Waals surface area contributed by atoms with E-state index in [9.17, 15) is 4.79 Å². The molecular weight excluding hydrogens is 222 g/mol. The van der Waals surface area contributed by atoms with E-state index in [-0.39, 0.29) is 17.4 Å². The first-order valence-corrected chi connectivity index (χ1v) is 7.05. The third-order valence-corrected chi connectivity index (χ3v) is 4.21. The molecule has 1 fully saturated rings. The van der Waals surface area contributed by atoms with Crippen molar-refractivity contribution in [3.63, 3.8) is 0 Å². The zero-order valence-electron chi connectivity index (χ0n) is 11.4. The second-order valence-corrected chi connectivity index (χ2v) is 5.44. The lowest BCUT2D eigenvalue weighted by atomic mass is 9.78. The van der Waals surface area contributed by atoms with Crippen molar-refractivity contribution in [1.29, 1.82) is 0 Å². The number of rotatable bonds is 4. The molecule has 0 spiro atoms. The first kappa shape index (κ1) is 13.1. The topological polar surface area (TPSA) is 29.1 Å². The predicted octanol–water partition coefficient (Wildman–Crippen LogP) is 3.41. The van der Waals surface area contributed by atoms with Crippen LogP contribution in [0, 0.1) is 0 Å². The molecule has 0 unspecified atom stereocenters. The molecule has 1 saturated carbocycles. The average Bonchev–Trinajstić information content (AvgIpc) is 2.90. The van der Waals surface area contributed by atoms with E-state index in [0.29, 0.717) is 0 Å². The Morgan fingerprint density at radius 2 is 1.89 bits per heavy atom. The number of amides is 1. The fourth-order valence-corrected chi connectivity index (χ4v) is 2.85. The van der Waals surface area contributed by atoms with Crippen molar-refractivity contribution in [3.8, 4) is 0 Å². The van der Waals surface area contributed by atoms with Gasteiger partial charge in [0.05, 0.1) is 5.41 Å². The Morgan fingerprint density at radius 3 is 2.44 bits per heavy atom. The minimum atomic E-state index is -0.273. The molecular formula is C16H23NO. The molecule has 0 aliphatic heterocycles. The molecule has 0 radical (unpaired) electrons. The number of benzene rings is 1. The van der Waals surface area contributed by atoms with Gasteiger partial charge in [0, 0.05) is 6.04 Å². The van der Waals surface area contributed by atoms with Crippen LogP contribution in [0.2, 0.25) is 0 Å². The van der Waals surface area contributed by atoms with Gasteiger partial charge in [-0.15, -0.1) is 0 Å². The van der Waals surface area contributed by atoms with E-state index >= 15 is 0 Å². The predicted molar refractivity (Wildman–Crippen MR) is 74.5 cm³/mol. The van der Waals surface area contributed by atoms with Crippen LogP contribution in [0.4, 0.5) is 0 Å². The average molecular weight is 245 g/mol. The Bertz CT molecular complexity index is 393. The molecule has 1 aromatic rings. The molecule has 0 saturated heterocycles. The molecule has 2 heteroatoms. The van der Waals surface area contributed by atoms with Gasteiger partial charge >= 0.3 is 0 Å². The lowest BCUT2D eigenvalue weighted by Crippen LogP contribution is -2.45. The van der Waals surface area contributed by atoms with Gasteiger partial charge in [-0.3, -0.25) is 4.79 Å². The van der Waals surface area contributed by atoms with Gasteiger partial charge in [-0.2, -0.15) is 0 Å². The van der Waals surface area contributed by atoms with Crippen molar-refractivity contribution in [2.24, 2.45) is 0 Å². The molecule has 98 valence electrons. The van der Waals surface area contributed by atoms with E-state index < -0.39 is 0 Å². The largest absolute Gasteiger partial charge is 0.353 e. The van der Waals surface area contributed by atoms with E-state index in [4.69, 9.17) is 0 Å². The van der Waals surface area contributed by atoms with Crippen molar-refractivity contribution in [2.45, 2.75) is 57.4 Å². The summed E-state index contributed by atoms with van der Waals surface area (Å²) >= 11 is 0. The van der Waals surface area contributed by atoms with Crippen LogP contribution in [-0.2, 0) is 10.2 Å². The maximum atomic E-state index is 12.6. The molecule has 0 bridgehead atoms. The third-order valence-electron chi connectivity index (χ3n) is 4.21. The molecule has 1 N–H and O–H groups in total. The molecule has 1 aliphatic carbocycles. The van der Waals surface area contributed by atoms with Crippen molar-refractivity contribution in [1.82, 2.24) is 5.32 Å². The quantitative estimate of drug-likeness (QED) is 0.865. The summed E-state index contributed by atoms with van der Waals surface area (Å²) < 4.78 is 0. The Kier molecular flexibility index (Phi) is 4.05. The van der Waals surface area contributed by atoms with Crippen molar-refractivity contribution < 1.29 is 4.79 Å². The van der Waals surface area contributed by atoms with Crippen molar-refractivity contribution in [2.75, 3.05) is 0 Å². The SMILES string of the molecule is CC[C@H](C)NC(=O)C1(c2ccccc2)CCCC1. The third kappa shape index (κ3) is 2.43. The first-order chi connectivity index (χ1) is 8.69. The summed E-state index contributed by atoms with van der Waals surface area (Å²) in [6.45, 7) is 4.18. The summed E-state index contributed by atoms with van der Waals surface area (Å²) in [5.41, 5.74) is 0.910. The van der Waals surface area contributed by atoms with Gasteiger partial charge in [0.25, 0.3) is 0 Å². The van der Waals surface area contributed by atoms with Crippen LogP contribution in [0.25, 0.3) is 0 Å². The molecule has 1 aromatic carbocycles. The number of carbonyl (C=O) groups excluding carboxylic acids is 1. The zero-order valence-corrected chi connectivity index (χ0v) is 11.4. The Labute approximate surface area is 110 Å². The summed E-state index contributed by atoms with van der Waals surface area (Å²) in [5, 5.41) is 3.17. The van der Waals surface area contributed by atoms with Gasteiger partial charge in [-0.05, 0) is 31.7 Å². The van der Waals surface area contributed by atoms with Gasteiger partial charge < -0.3 is 5.32 Å². The van der Waals surface area contributed by atoms with Crippen LogP contribution >= 0.6 is 0 Å². The Morgan fingerprint density at radius 1 is 1.28 bits per heavy atom. The minimum Gasteiger partial charge on any atom is -0.353 e. The molecule has 1 aliphatic rings. The second-order valence-electron chi connectivity index (χ2n) is 5.44. The maximum Gasteiger partial charge on any atom is 0.230 e. The van der Waals surface area contributed by atoms with E-state index in [2.05, 4.69) is 31.3 Å². The summed E-state index contributed by atoms with van der Waals surface area (Å²) in [5.74, 6) is 0.223. The van der Waals surface area contributed by atoms with E-state index in [0.717, 1.165) is 32.1 Å². The number of nitrogens with one attached hydrogen (secondary N) is 1. The zero-order chi connectivity index (χ0) is 13.0. The highest BCUT2D eigenvalue weighted by atomic mass is 16.2. The van der Waals surface area contributed by atoms with Crippen LogP contribution in [0.1, 0.15) is 51.5 Å². The van der Waals surface area contributed by atoms with Gasteiger partial charge in [0.1, 0.15) is 0 Å². The van der Waals surface area contributed by atoms with Crippen LogP contribution in [-0.4, -0.2) is 11.9 Å². The van der Waals surface area contributed by atoms with Crippen LogP contribution < -0.4 is 5.32 Å². The van der Waals surface area contributed by atoms with Gasteiger partial charge in [0.2, 0.25) is 5.91 Å². The number of carbonyl (C=O) groups is 1. The maximum absolute atomic E-state index is 12.6.